The van der Waals surface area contributed by atoms with E-state index >= 15 is 0 Å². The fourth-order valence-electron chi connectivity index (χ4n) is 2.25. The molecule has 9 heteroatoms. The van der Waals surface area contributed by atoms with Crippen molar-refractivity contribution in [2.45, 2.75) is 13.0 Å². The number of fused-ring (bicyclic) bond motifs is 1. The van der Waals surface area contributed by atoms with E-state index in [0.717, 1.165) is 0 Å². The number of benzene rings is 2. The van der Waals surface area contributed by atoms with E-state index in [9.17, 15) is 19.7 Å². The molecule has 0 fully saturated rings. The topological polar surface area (TPSA) is 117 Å². The number of anilines is 1. The highest BCUT2D eigenvalue weighted by molar-refractivity contribution is 5.97. The van der Waals surface area contributed by atoms with E-state index in [4.69, 9.17) is 14.2 Å². The molecule has 134 valence electrons. The Labute approximate surface area is 147 Å². The van der Waals surface area contributed by atoms with Crippen molar-refractivity contribution in [2.75, 3.05) is 12.1 Å². The van der Waals surface area contributed by atoms with Gasteiger partial charge in [0.15, 0.2) is 17.6 Å². The molecule has 1 aliphatic rings. The van der Waals surface area contributed by atoms with Crippen LogP contribution in [0.4, 0.5) is 11.4 Å². The number of nitrogens with one attached hydrogen (secondary N) is 1. The second-order valence-corrected chi connectivity index (χ2v) is 5.41. The molecule has 0 aromatic heterocycles. The van der Waals surface area contributed by atoms with Gasteiger partial charge >= 0.3 is 5.97 Å². The van der Waals surface area contributed by atoms with Crippen molar-refractivity contribution in [1.29, 1.82) is 0 Å². The van der Waals surface area contributed by atoms with Crippen molar-refractivity contribution in [1.82, 2.24) is 0 Å². The van der Waals surface area contributed by atoms with Crippen LogP contribution in [0.2, 0.25) is 0 Å². The number of hydrogen-bond donors (Lipinski definition) is 1. The van der Waals surface area contributed by atoms with Gasteiger partial charge in [-0.3, -0.25) is 14.9 Å². The van der Waals surface area contributed by atoms with Crippen LogP contribution in [0.5, 0.6) is 11.5 Å². The Hall–Kier alpha value is -3.62. The number of carbonyl (C=O) groups is 2. The van der Waals surface area contributed by atoms with E-state index in [2.05, 4.69) is 5.32 Å². The summed E-state index contributed by atoms with van der Waals surface area (Å²) in [5, 5.41) is 13.2. The Morgan fingerprint density at radius 1 is 1.19 bits per heavy atom. The van der Waals surface area contributed by atoms with E-state index in [0.29, 0.717) is 11.5 Å². The van der Waals surface area contributed by atoms with E-state index in [1.54, 1.807) is 6.07 Å². The molecule has 9 nitrogen and oxygen atoms in total. The number of carbonyl (C=O) groups excluding carboxylic acids is 2. The lowest BCUT2D eigenvalue weighted by Crippen LogP contribution is -2.30. The number of amides is 1. The molecule has 2 aromatic rings. The van der Waals surface area contributed by atoms with Gasteiger partial charge in [-0.2, -0.15) is 0 Å². The summed E-state index contributed by atoms with van der Waals surface area (Å²) in [4.78, 5) is 34.5. The van der Waals surface area contributed by atoms with Crippen molar-refractivity contribution in [3.8, 4) is 11.5 Å². The minimum atomic E-state index is -1.10. The molecule has 0 saturated heterocycles. The predicted molar refractivity (Wildman–Crippen MR) is 89.2 cm³/mol. The molecular weight excluding hydrogens is 344 g/mol. The number of nitrogens with zero attached hydrogens (tertiary/aromatic N) is 1. The molecule has 0 spiro atoms. The predicted octanol–water partition coefficient (Wildman–Crippen LogP) is 2.51. The fraction of sp³-hybridized carbons (Fsp3) is 0.176. The van der Waals surface area contributed by atoms with Crippen molar-refractivity contribution in [2.24, 2.45) is 0 Å². The van der Waals surface area contributed by atoms with E-state index in [1.165, 1.54) is 43.3 Å². The van der Waals surface area contributed by atoms with Crippen LogP contribution in [0.25, 0.3) is 0 Å². The summed E-state index contributed by atoms with van der Waals surface area (Å²) >= 11 is 0. The lowest BCUT2D eigenvalue weighted by Gasteiger charge is -2.13. The molecule has 0 radical (unpaired) electrons. The van der Waals surface area contributed by atoms with Gasteiger partial charge in [0, 0.05) is 17.8 Å². The third kappa shape index (κ3) is 3.72. The van der Waals surface area contributed by atoms with Gasteiger partial charge in [0.05, 0.1) is 10.5 Å². The van der Waals surface area contributed by atoms with Gasteiger partial charge in [-0.15, -0.1) is 0 Å². The molecule has 0 unspecified atom stereocenters. The summed E-state index contributed by atoms with van der Waals surface area (Å²) in [5.41, 5.74) is 0.284. The minimum Gasteiger partial charge on any atom is -0.454 e. The molecule has 2 aromatic carbocycles. The number of nitro benzene ring substituents is 1. The molecule has 0 bridgehead atoms. The highest BCUT2D eigenvalue weighted by atomic mass is 16.7. The fourth-order valence-corrected chi connectivity index (χ4v) is 2.25. The van der Waals surface area contributed by atoms with Crippen LogP contribution >= 0.6 is 0 Å². The first kappa shape index (κ1) is 17.2. The standard InChI is InChI=1S/C17H14N2O7/c1-10(16(20)18-12-3-2-4-13(8-12)19(22)23)26-17(21)11-5-6-14-15(7-11)25-9-24-14/h2-8,10H,9H2,1H3,(H,18,20)/t10-/m1/s1. The number of esters is 1. The van der Waals surface area contributed by atoms with Crippen LogP contribution in [0.3, 0.4) is 0 Å². The van der Waals surface area contributed by atoms with Crippen molar-refractivity contribution < 1.29 is 28.7 Å². The first-order chi connectivity index (χ1) is 12.4. The third-order valence-corrected chi connectivity index (χ3v) is 3.59. The zero-order valence-electron chi connectivity index (χ0n) is 13.6. The third-order valence-electron chi connectivity index (χ3n) is 3.59. The van der Waals surface area contributed by atoms with Gasteiger partial charge < -0.3 is 19.5 Å². The van der Waals surface area contributed by atoms with Gasteiger partial charge in [-0.1, -0.05) is 6.07 Å². The van der Waals surface area contributed by atoms with E-state index < -0.39 is 22.9 Å². The molecule has 1 N–H and O–H groups in total. The smallest absolute Gasteiger partial charge is 0.339 e. The van der Waals surface area contributed by atoms with E-state index in [-0.39, 0.29) is 23.7 Å². The SMILES string of the molecule is C[C@@H](OC(=O)c1ccc2c(c1)OCO2)C(=O)Nc1cccc([N+](=O)[O-])c1. The van der Waals surface area contributed by atoms with Crippen LogP contribution in [0.1, 0.15) is 17.3 Å². The van der Waals surface area contributed by atoms with Crippen LogP contribution in [0.15, 0.2) is 42.5 Å². The molecule has 1 aliphatic heterocycles. The summed E-state index contributed by atoms with van der Waals surface area (Å²) in [7, 11) is 0. The van der Waals surface area contributed by atoms with Gasteiger partial charge in [0.1, 0.15) is 0 Å². The summed E-state index contributed by atoms with van der Waals surface area (Å²) in [6.07, 6.45) is -1.10. The number of ether oxygens (including phenoxy) is 3. The maximum absolute atomic E-state index is 12.2. The molecule has 1 atom stereocenters. The first-order valence-electron chi connectivity index (χ1n) is 7.60. The van der Waals surface area contributed by atoms with Gasteiger partial charge in [-0.25, -0.2) is 4.79 Å². The van der Waals surface area contributed by atoms with Crippen LogP contribution in [-0.2, 0) is 9.53 Å². The molecule has 1 heterocycles. The zero-order chi connectivity index (χ0) is 18.7. The van der Waals surface area contributed by atoms with Gasteiger partial charge in [-0.05, 0) is 31.2 Å². The number of hydrogen-bond acceptors (Lipinski definition) is 7. The quantitative estimate of drug-likeness (QED) is 0.496. The van der Waals surface area contributed by atoms with Crippen LogP contribution < -0.4 is 14.8 Å². The Balaban J connectivity index is 1.63. The highest BCUT2D eigenvalue weighted by Gasteiger charge is 2.22. The minimum absolute atomic E-state index is 0.0792. The van der Waals surface area contributed by atoms with E-state index in [1.807, 2.05) is 0 Å². The molecular formula is C17H14N2O7. The maximum atomic E-state index is 12.2. The largest absolute Gasteiger partial charge is 0.454 e. The summed E-state index contributed by atoms with van der Waals surface area (Å²) in [5.74, 6) is -0.365. The molecule has 3 rings (SSSR count). The number of rotatable bonds is 5. The van der Waals surface area contributed by atoms with Crippen molar-refractivity contribution >= 4 is 23.3 Å². The maximum Gasteiger partial charge on any atom is 0.339 e. The van der Waals surface area contributed by atoms with Gasteiger partial charge in [0.2, 0.25) is 6.79 Å². The van der Waals surface area contributed by atoms with Crippen molar-refractivity contribution in [3.63, 3.8) is 0 Å². The Kier molecular flexibility index (Phi) is 4.70. The zero-order valence-corrected chi connectivity index (χ0v) is 13.6. The second kappa shape index (κ2) is 7.09. The van der Waals surface area contributed by atoms with Gasteiger partial charge in [0.25, 0.3) is 11.6 Å². The molecule has 1 amide bonds. The lowest BCUT2D eigenvalue weighted by atomic mass is 10.2. The summed E-state index contributed by atoms with van der Waals surface area (Å²) in [6, 6.07) is 10.0. The normalized spacial score (nSPS) is 13.0. The average Bonchev–Trinajstić information content (AvgIpc) is 3.09. The molecule has 0 saturated carbocycles. The lowest BCUT2D eigenvalue weighted by molar-refractivity contribution is -0.384. The Morgan fingerprint density at radius 3 is 2.73 bits per heavy atom. The number of nitro groups is 1. The summed E-state index contributed by atoms with van der Waals surface area (Å²) in [6.45, 7) is 1.48. The molecule has 26 heavy (non-hydrogen) atoms. The number of non-ortho nitro benzene ring substituents is 1. The summed E-state index contributed by atoms with van der Waals surface area (Å²) < 4.78 is 15.5. The van der Waals surface area contributed by atoms with Crippen LogP contribution in [0, 0.1) is 10.1 Å². The monoisotopic (exact) mass is 358 g/mol. The Morgan fingerprint density at radius 2 is 1.96 bits per heavy atom. The van der Waals surface area contributed by atoms with Crippen molar-refractivity contribution in [3.05, 3.63) is 58.1 Å². The molecule has 0 aliphatic carbocycles. The average molecular weight is 358 g/mol. The first-order valence-corrected chi connectivity index (χ1v) is 7.60. The second-order valence-electron chi connectivity index (χ2n) is 5.41. The Bertz CT molecular complexity index is 881. The highest BCUT2D eigenvalue weighted by Crippen LogP contribution is 2.32. The van der Waals surface area contributed by atoms with Crippen LogP contribution in [-0.4, -0.2) is 29.7 Å².